The van der Waals surface area contributed by atoms with Crippen LogP contribution >= 0.6 is 0 Å². The van der Waals surface area contributed by atoms with Crippen LogP contribution in [0.2, 0.25) is 0 Å². The van der Waals surface area contributed by atoms with Crippen molar-refractivity contribution in [3.8, 4) is 33.6 Å². The molecule has 10 rings (SSSR count). The molecule has 3 heteroatoms. The summed E-state index contributed by atoms with van der Waals surface area (Å²) in [4.78, 5) is 2.30. The first-order valence-electron chi connectivity index (χ1n) is 17.2. The molecule has 3 nitrogen and oxygen atoms in total. The molecule has 1 aliphatic rings. The molecule has 7 aromatic carbocycles. The van der Waals surface area contributed by atoms with Crippen molar-refractivity contribution < 1.29 is 8.83 Å². The molecule has 2 heterocycles. The SMILES string of the molecule is CC1(C)c2cc(-c3ccc(N(c4ccc(-c5ccccc5)cc4)c4cccc5c4oc4ccccc45)cc3)ccc2-c2oc3ccccc3c21. The lowest BCUT2D eigenvalue weighted by atomic mass is 9.80. The lowest BCUT2D eigenvalue weighted by molar-refractivity contribution is 0.619. The summed E-state index contributed by atoms with van der Waals surface area (Å²) < 4.78 is 13.0. The number of hydrogen-bond donors (Lipinski definition) is 0. The second kappa shape index (κ2) is 10.8. The van der Waals surface area contributed by atoms with Crippen LogP contribution in [-0.2, 0) is 5.41 Å². The van der Waals surface area contributed by atoms with Crippen molar-refractivity contribution >= 4 is 50.0 Å². The number of nitrogens with zero attached hydrogens (tertiary/aromatic N) is 1. The van der Waals surface area contributed by atoms with E-state index < -0.39 is 0 Å². The molecule has 0 spiro atoms. The molecule has 0 saturated heterocycles. The van der Waals surface area contributed by atoms with Crippen LogP contribution in [0.3, 0.4) is 0 Å². The van der Waals surface area contributed by atoms with Crippen LogP contribution in [0.15, 0.2) is 173 Å². The van der Waals surface area contributed by atoms with Crippen molar-refractivity contribution in [3.63, 3.8) is 0 Å². The Hall–Kier alpha value is -6.32. The van der Waals surface area contributed by atoms with Crippen molar-refractivity contribution in [2.24, 2.45) is 0 Å². The molecule has 2 aromatic heterocycles. The summed E-state index contributed by atoms with van der Waals surface area (Å²) in [6, 6.07) is 58.1. The van der Waals surface area contributed by atoms with Gasteiger partial charge < -0.3 is 13.7 Å². The molecule has 0 aliphatic heterocycles. The Labute approximate surface area is 290 Å². The Bertz CT molecular complexity index is 2710. The molecular weight excluding hydrogens is 611 g/mol. The quantitative estimate of drug-likeness (QED) is 0.187. The van der Waals surface area contributed by atoms with Gasteiger partial charge in [0.2, 0.25) is 0 Å². The lowest BCUT2D eigenvalue weighted by Gasteiger charge is -2.26. The Morgan fingerprint density at radius 3 is 1.74 bits per heavy atom. The van der Waals surface area contributed by atoms with Crippen LogP contribution in [0, 0.1) is 0 Å². The molecule has 0 fully saturated rings. The summed E-state index contributed by atoms with van der Waals surface area (Å²) in [6.07, 6.45) is 0. The number of para-hydroxylation sites is 3. The van der Waals surface area contributed by atoms with E-state index in [2.05, 4.69) is 164 Å². The van der Waals surface area contributed by atoms with Crippen LogP contribution in [0.25, 0.3) is 66.5 Å². The highest BCUT2D eigenvalue weighted by atomic mass is 16.3. The van der Waals surface area contributed by atoms with Crippen molar-refractivity contribution in [3.05, 3.63) is 175 Å². The standard InChI is InChI=1S/C47H33NO2/c1-47(2)40-29-33(23-28-38(40)46-44(47)39-14-7-9-18-43(39)50-46)32-21-26-35(27-22-32)48(34-24-19-31(20-25-34)30-11-4-3-5-12-30)41-16-10-15-37-36-13-6-8-17-42(36)49-45(37)41/h3-29H,1-2H3. The van der Waals surface area contributed by atoms with Gasteiger partial charge in [-0.3, -0.25) is 0 Å². The normalized spacial score (nSPS) is 13.2. The fourth-order valence-electron chi connectivity index (χ4n) is 8.00. The Balaban J connectivity index is 1.07. The van der Waals surface area contributed by atoms with Crippen molar-refractivity contribution in [2.45, 2.75) is 19.3 Å². The van der Waals surface area contributed by atoms with Gasteiger partial charge in [0.05, 0.1) is 5.69 Å². The third kappa shape index (κ3) is 4.30. The van der Waals surface area contributed by atoms with E-state index >= 15 is 0 Å². The van der Waals surface area contributed by atoms with Crippen LogP contribution in [0.5, 0.6) is 0 Å². The zero-order valence-electron chi connectivity index (χ0n) is 27.9. The topological polar surface area (TPSA) is 29.5 Å². The monoisotopic (exact) mass is 643 g/mol. The number of anilines is 3. The summed E-state index contributed by atoms with van der Waals surface area (Å²) in [5.74, 6) is 1.00. The molecule has 0 atom stereocenters. The highest BCUT2D eigenvalue weighted by Crippen LogP contribution is 2.53. The molecule has 9 aromatic rings. The summed E-state index contributed by atoms with van der Waals surface area (Å²) in [7, 11) is 0. The van der Waals surface area contributed by atoms with Gasteiger partial charge in [-0.2, -0.15) is 0 Å². The zero-order valence-corrected chi connectivity index (χ0v) is 27.9. The van der Waals surface area contributed by atoms with Gasteiger partial charge in [-0.05, 0) is 76.3 Å². The molecule has 0 N–H and O–H groups in total. The lowest BCUT2D eigenvalue weighted by Crippen LogP contribution is -2.15. The van der Waals surface area contributed by atoms with E-state index in [9.17, 15) is 0 Å². The Kier molecular flexibility index (Phi) is 6.22. The largest absolute Gasteiger partial charge is 0.456 e. The van der Waals surface area contributed by atoms with Crippen LogP contribution < -0.4 is 4.90 Å². The molecule has 1 aliphatic carbocycles. The smallest absolute Gasteiger partial charge is 0.159 e. The predicted molar refractivity (Wildman–Crippen MR) is 207 cm³/mol. The summed E-state index contributed by atoms with van der Waals surface area (Å²) in [5.41, 5.74) is 14.2. The Morgan fingerprint density at radius 1 is 0.460 bits per heavy atom. The molecule has 0 amide bonds. The first kappa shape index (κ1) is 28.7. The van der Waals surface area contributed by atoms with E-state index in [1.54, 1.807) is 0 Å². The van der Waals surface area contributed by atoms with Gasteiger partial charge in [0.1, 0.15) is 16.9 Å². The molecule has 0 unspecified atom stereocenters. The molecule has 0 radical (unpaired) electrons. The Morgan fingerprint density at radius 2 is 1.02 bits per heavy atom. The summed E-state index contributed by atoms with van der Waals surface area (Å²) in [6.45, 7) is 4.62. The van der Waals surface area contributed by atoms with Crippen molar-refractivity contribution in [1.29, 1.82) is 0 Å². The van der Waals surface area contributed by atoms with Gasteiger partial charge in [0, 0.05) is 44.1 Å². The first-order chi connectivity index (χ1) is 24.5. The van der Waals surface area contributed by atoms with E-state index in [4.69, 9.17) is 8.83 Å². The molecule has 0 bridgehead atoms. The van der Waals surface area contributed by atoms with Gasteiger partial charge in [-0.15, -0.1) is 0 Å². The average Bonchev–Trinajstić information content (AvgIpc) is 3.81. The third-order valence-corrected chi connectivity index (χ3v) is 10.5. The minimum Gasteiger partial charge on any atom is -0.456 e. The van der Waals surface area contributed by atoms with Gasteiger partial charge in [0.15, 0.2) is 5.58 Å². The molecule has 0 saturated carbocycles. The summed E-state index contributed by atoms with van der Waals surface area (Å²) in [5, 5.41) is 3.42. The minimum absolute atomic E-state index is 0.165. The van der Waals surface area contributed by atoms with Crippen molar-refractivity contribution in [1.82, 2.24) is 0 Å². The van der Waals surface area contributed by atoms with E-state index in [0.717, 1.165) is 50.3 Å². The predicted octanol–water partition coefficient (Wildman–Crippen LogP) is 13.4. The van der Waals surface area contributed by atoms with E-state index in [-0.39, 0.29) is 5.41 Å². The van der Waals surface area contributed by atoms with E-state index in [1.165, 1.54) is 44.3 Å². The minimum atomic E-state index is -0.165. The van der Waals surface area contributed by atoms with Gasteiger partial charge >= 0.3 is 0 Å². The molecule has 238 valence electrons. The zero-order chi connectivity index (χ0) is 33.4. The second-order valence-corrected chi connectivity index (χ2v) is 13.7. The van der Waals surface area contributed by atoms with Crippen molar-refractivity contribution in [2.75, 3.05) is 4.90 Å². The van der Waals surface area contributed by atoms with Crippen LogP contribution in [0.1, 0.15) is 25.0 Å². The molecular formula is C47H33NO2. The number of rotatable bonds is 5. The van der Waals surface area contributed by atoms with Gasteiger partial charge in [-0.25, -0.2) is 0 Å². The molecule has 50 heavy (non-hydrogen) atoms. The average molecular weight is 644 g/mol. The number of benzene rings is 7. The third-order valence-electron chi connectivity index (χ3n) is 10.5. The van der Waals surface area contributed by atoms with Crippen LogP contribution in [-0.4, -0.2) is 0 Å². The van der Waals surface area contributed by atoms with Gasteiger partial charge in [0.25, 0.3) is 0 Å². The maximum Gasteiger partial charge on any atom is 0.159 e. The highest BCUT2D eigenvalue weighted by molar-refractivity contribution is 6.10. The van der Waals surface area contributed by atoms with Gasteiger partial charge in [-0.1, -0.05) is 129 Å². The fourth-order valence-corrected chi connectivity index (χ4v) is 8.00. The maximum atomic E-state index is 6.55. The summed E-state index contributed by atoms with van der Waals surface area (Å²) >= 11 is 0. The first-order valence-corrected chi connectivity index (χ1v) is 17.2. The van der Waals surface area contributed by atoms with E-state index in [1.807, 2.05) is 18.2 Å². The van der Waals surface area contributed by atoms with E-state index in [0.29, 0.717) is 0 Å². The number of fused-ring (bicyclic) bond motifs is 8. The van der Waals surface area contributed by atoms with Crippen LogP contribution in [0.4, 0.5) is 17.1 Å². The fraction of sp³-hybridized carbons (Fsp3) is 0.0638. The second-order valence-electron chi connectivity index (χ2n) is 13.7. The maximum absolute atomic E-state index is 6.55. The highest BCUT2D eigenvalue weighted by Gasteiger charge is 2.40. The number of hydrogen-bond acceptors (Lipinski definition) is 3. The number of furan rings is 2.